The number of halogens is 1. The van der Waals surface area contributed by atoms with Gasteiger partial charge in [-0.25, -0.2) is 0 Å². The molecule has 0 fully saturated rings. The van der Waals surface area contributed by atoms with Gasteiger partial charge in [0.25, 0.3) is 0 Å². The van der Waals surface area contributed by atoms with Crippen molar-refractivity contribution >= 4 is 22.6 Å². The van der Waals surface area contributed by atoms with Crippen molar-refractivity contribution in [3.05, 3.63) is 28.5 Å². The van der Waals surface area contributed by atoms with E-state index < -0.39 is 5.54 Å². The summed E-state index contributed by atoms with van der Waals surface area (Å²) in [5.74, 6) is 1.46. The Hall–Kier alpha value is -1.19. The molecule has 0 unspecified atom stereocenters. The molecule has 0 atom stereocenters. The molecular formula is C13H16ClNO2. The smallest absolute Gasteiger partial charge is 0.177 e. The first-order valence-electron chi connectivity index (χ1n) is 5.40. The Labute approximate surface area is 105 Å². The highest BCUT2D eigenvalue weighted by Gasteiger charge is 2.23. The number of hydrogen-bond acceptors (Lipinski definition) is 3. The topological polar surface area (TPSA) is 48.4 Å². The maximum absolute atomic E-state index is 6.37. The van der Waals surface area contributed by atoms with Crippen LogP contribution in [-0.2, 0) is 5.54 Å². The normalized spacial score (nSPS) is 12.1. The summed E-state index contributed by atoms with van der Waals surface area (Å²) < 4.78 is 10.9. The number of nitrogens with two attached hydrogens (primary N) is 1. The average molecular weight is 254 g/mol. The number of methoxy groups -OCH3 is 1. The molecular weight excluding hydrogens is 238 g/mol. The average Bonchev–Trinajstić information content (AvgIpc) is 2.59. The number of fused-ring (bicyclic) bond motifs is 1. The highest BCUT2D eigenvalue weighted by Crippen LogP contribution is 2.39. The van der Waals surface area contributed by atoms with Crippen LogP contribution in [0.2, 0.25) is 5.02 Å². The monoisotopic (exact) mass is 253 g/mol. The molecule has 0 bridgehead atoms. The second kappa shape index (κ2) is 3.93. The van der Waals surface area contributed by atoms with Crippen LogP contribution in [0.5, 0.6) is 5.75 Å². The fraction of sp³-hybridized carbons (Fsp3) is 0.385. The Kier molecular flexibility index (Phi) is 2.84. The molecule has 0 saturated carbocycles. The Morgan fingerprint density at radius 1 is 1.35 bits per heavy atom. The van der Waals surface area contributed by atoms with Crippen molar-refractivity contribution in [3.63, 3.8) is 0 Å². The lowest BCUT2D eigenvalue weighted by Crippen LogP contribution is -2.29. The minimum Gasteiger partial charge on any atom is -0.493 e. The molecule has 2 rings (SSSR count). The molecule has 1 aromatic carbocycles. The zero-order valence-electron chi connectivity index (χ0n) is 10.4. The van der Waals surface area contributed by atoms with Crippen LogP contribution >= 0.6 is 11.6 Å². The number of furan rings is 1. The van der Waals surface area contributed by atoms with Crippen LogP contribution in [0.25, 0.3) is 11.0 Å². The SMILES string of the molecule is COc1cc(C(C)(C)N)c(Cl)c2cc(C)oc12. The molecule has 0 aliphatic carbocycles. The van der Waals surface area contributed by atoms with Gasteiger partial charge in [0.05, 0.1) is 12.1 Å². The van der Waals surface area contributed by atoms with Gasteiger partial charge in [-0.1, -0.05) is 11.6 Å². The highest BCUT2D eigenvalue weighted by atomic mass is 35.5. The van der Waals surface area contributed by atoms with E-state index >= 15 is 0 Å². The summed E-state index contributed by atoms with van der Waals surface area (Å²) in [5.41, 5.74) is 7.10. The van der Waals surface area contributed by atoms with Crippen molar-refractivity contribution in [2.75, 3.05) is 7.11 Å². The van der Waals surface area contributed by atoms with Crippen LogP contribution in [0, 0.1) is 6.92 Å². The Morgan fingerprint density at radius 3 is 2.53 bits per heavy atom. The molecule has 17 heavy (non-hydrogen) atoms. The minimum atomic E-state index is -0.524. The lowest BCUT2D eigenvalue weighted by atomic mass is 9.94. The number of benzene rings is 1. The fourth-order valence-electron chi connectivity index (χ4n) is 1.89. The van der Waals surface area contributed by atoms with Crippen molar-refractivity contribution in [1.29, 1.82) is 0 Å². The minimum absolute atomic E-state index is 0.524. The van der Waals surface area contributed by atoms with Gasteiger partial charge < -0.3 is 14.9 Å². The van der Waals surface area contributed by atoms with Crippen LogP contribution in [0.3, 0.4) is 0 Å². The quantitative estimate of drug-likeness (QED) is 0.890. The van der Waals surface area contributed by atoms with Gasteiger partial charge in [0, 0.05) is 10.9 Å². The molecule has 1 heterocycles. The van der Waals surface area contributed by atoms with E-state index in [0.717, 1.165) is 16.7 Å². The summed E-state index contributed by atoms with van der Waals surface area (Å²) in [7, 11) is 1.60. The lowest BCUT2D eigenvalue weighted by molar-refractivity contribution is 0.406. The lowest BCUT2D eigenvalue weighted by Gasteiger charge is -2.21. The predicted molar refractivity (Wildman–Crippen MR) is 69.7 cm³/mol. The van der Waals surface area contributed by atoms with Crippen molar-refractivity contribution in [3.8, 4) is 5.75 Å². The van der Waals surface area contributed by atoms with E-state index in [1.165, 1.54) is 0 Å². The number of rotatable bonds is 2. The van der Waals surface area contributed by atoms with Crippen LogP contribution in [0.4, 0.5) is 0 Å². The fourth-order valence-corrected chi connectivity index (χ4v) is 2.32. The summed E-state index contributed by atoms with van der Waals surface area (Å²) in [6, 6.07) is 3.74. The van der Waals surface area contributed by atoms with E-state index in [0.29, 0.717) is 16.4 Å². The molecule has 0 aliphatic heterocycles. The van der Waals surface area contributed by atoms with Gasteiger partial charge in [-0.05, 0) is 38.5 Å². The van der Waals surface area contributed by atoms with E-state index in [-0.39, 0.29) is 0 Å². The van der Waals surface area contributed by atoms with Crippen LogP contribution in [-0.4, -0.2) is 7.11 Å². The molecule has 0 spiro atoms. The Balaban J connectivity index is 2.85. The summed E-state index contributed by atoms with van der Waals surface area (Å²) in [6.45, 7) is 5.70. The van der Waals surface area contributed by atoms with Gasteiger partial charge in [-0.3, -0.25) is 0 Å². The first kappa shape index (κ1) is 12.3. The van der Waals surface area contributed by atoms with Crippen LogP contribution < -0.4 is 10.5 Å². The van der Waals surface area contributed by atoms with E-state index in [9.17, 15) is 0 Å². The number of hydrogen-bond donors (Lipinski definition) is 1. The maximum Gasteiger partial charge on any atom is 0.177 e. The van der Waals surface area contributed by atoms with Crippen molar-refractivity contribution < 1.29 is 9.15 Å². The molecule has 92 valence electrons. The zero-order valence-corrected chi connectivity index (χ0v) is 11.2. The van der Waals surface area contributed by atoms with E-state index in [1.54, 1.807) is 7.11 Å². The summed E-state index contributed by atoms with van der Waals surface area (Å²) in [5, 5.41) is 1.47. The largest absolute Gasteiger partial charge is 0.493 e. The molecule has 0 aliphatic rings. The second-order valence-electron chi connectivity index (χ2n) is 4.76. The third kappa shape index (κ3) is 2.01. The van der Waals surface area contributed by atoms with Gasteiger partial charge >= 0.3 is 0 Å². The van der Waals surface area contributed by atoms with Gasteiger partial charge in [0.2, 0.25) is 0 Å². The number of ether oxygens (including phenoxy) is 1. The Morgan fingerprint density at radius 2 is 2.00 bits per heavy atom. The highest BCUT2D eigenvalue weighted by molar-refractivity contribution is 6.36. The summed E-state index contributed by atoms with van der Waals surface area (Å²) in [6.07, 6.45) is 0. The number of aryl methyl sites for hydroxylation is 1. The molecule has 1 aromatic heterocycles. The van der Waals surface area contributed by atoms with Crippen LogP contribution in [0.1, 0.15) is 25.2 Å². The van der Waals surface area contributed by atoms with Crippen LogP contribution in [0.15, 0.2) is 16.5 Å². The molecule has 2 aromatic rings. The van der Waals surface area contributed by atoms with Gasteiger partial charge in [-0.2, -0.15) is 0 Å². The first-order valence-corrected chi connectivity index (χ1v) is 5.78. The Bertz CT molecular complexity index is 567. The molecule has 2 N–H and O–H groups in total. The second-order valence-corrected chi connectivity index (χ2v) is 5.14. The first-order chi connectivity index (χ1) is 7.84. The molecule has 3 nitrogen and oxygen atoms in total. The maximum atomic E-state index is 6.37. The molecule has 0 amide bonds. The molecule has 0 saturated heterocycles. The zero-order chi connectivity index (χ0) is 12.8. The van der Waals surface area contributed by atoms with Gasteiger partial charge in [0.15, 0.2) is 11.3 Å². The van der Waals surface area contributed by atoms with E-state index in [4.69, 9.17) is 26.5 Å². The predicted octanol–water partition coefficient (Wildman–Crippen LogP) is 3.60. The summed E-state index contributed by atoms with van der Waals surface area (Å²) in [4.78, 5) is 0. The molecule has 4 heteroatoms. The van der Waals surface area contributed by atoms with Gasteiger partial charge in [-0.15, -0.1) is 0 Å². The van der Waals surface area contributed by atoms with Gasteiger partial charge in [0.1, 0.15) is 5.76 Å². The van der Waals surface area contributed by atoms with E-state index in [1.807, 2.05) is 32.9 Å². The summed E-state index contributed by atoms with van der Waals surface area (Å²) >= 11 is 6.37. The third-order valence-corrected chi connectivity index (χ3v) is 3.15. The van der Waals surface area contributed by atoms with E-state index in [2.05, 4.69) is 0 Å². The third-order valence-electron chi connectivity index (χ3n) is 2.74. The standard InChI is InChI=1S/C13H16ClNO2/c1-7-5-8-11(14)9(13(2,3)15)6-10(16-4)12(8)17-7/h5-6H,15H2,1-4H3. The molecule has 0 radical (unpaired) electrons. The van der Waals surface area contributed by atoms with Crippen molar-refractivity contribution in [1.82, 2.24) is 0 Å². The van der Waals surface area contributed by atoms with Crippen molar-refractivity contribution in [2.24, 2.45) is 5.73 Å². The van der Waals surface area contributed by atoms with Crippen molar-refractivity contribution in [2.45, 2.75) is 26.3 Å².